The number of hydrogen-bond acceptors (Lipinski definition) is 1. The van der Waals surface area contributed by atoms with Gasteiger partial charge in [0.15, 0.2) is 0 Å². The minimum absolute atomic E-state index is 0.154. The van der Waals surface area contributed by atoms with Gasteiger partial charge in [0.05, 0.1) is 19.1 Å². The van der Waals surface area contributed by atoms with E-state index in [9.17, 15) is 5.21 Å². The quantitative estimate of drug-likeness (QED) is 0.453. The highest BCUT2D eigenvalue weighted by Gasteiger charge is 2.37. The third-order valence-corrected chi connectivity index (χ3v) is 3.99. The maximum Gasteiger partial charge on any atom is 0.0913 e. The van der Waals surface area contributed by atoms with E-state index < -0.39 is 0 Å². The van der Waals surface area contributed by atoms with Crippen molar-refractivity contribution in [3.63, 3.8) is 0 Å². The Morgan fingerprint density at radius 1 is 1.00 bits per heavy atom. The zero-order chi connectivity index (χ0) is 9.31. The summed E-state index contributed by atoms with van der Waals surface area (Å²) < 4.78 is 0.154. The standard InChI is InChI=1S/C11H21NO/c1-10-6-2-3-7-11(10)12(13)8-4-5-9-12/h10-11H,2-9H2,1H3. The van der Waals surface area contributed by atoms with Gasteiger partial charge in [0.1, 0.15) is 0 Å². The smallest absolute Gasteiger partial charge is 0.0913 e. The minimum Gasteiger partial charge on any atom is -0.633 e. The van der Waals surface area contributed by atoms with Gasteiger partial charge < -0.3 is 9.85 Å². The molecule has 1 aliphatic carbocycles. The predicted molar refractivity (Wildman–Crippen MR) is 54.0 cm³/mol. The number of quaternary nitrogens is 1. The van der Waals surface area contributed by atoms with Crippen molar-refractivity contribution in [1.29, 1.82) is 0 Å². The average molecular weight is 183 g/mol. The molecule has 2 heteroatoms. The van der Waals surface area contributed by atoms with Gasteiger partial charge in [0.2, 0.25) is 0 Å². The number of rotatable bonds is 1. The molecule has 13 heavy (non-hydrogen) atoms. The summed E-state index contributed by atoms with van der Waals surface area (Å²) in [6.45, 7) is 4.07. The number of hydroxylamine groups is 3. The van der Waals surface area contributed by atoms with Gasteiger partial charge in [0.25, 0.3) is 0 Å². The van der Waals surface area contributed by atoms with Crippen LogP contribution in [0.15, 0.2) is 0 Å². The zero-order valence-electron chi connectivity index (χ0n) is 8.67. The summed E-state index contributed by atoms with van der Waals surface area (Å²) in [4.78, 5) is 0. The van der Waals surface area contributed by atoms with Gasteiger partial charge in [-0.1, -0.05) is 13.3 Å². The molecule has 2 nitrogen and oxygen atoms in total. The van der Waals surface area contributed by atoms with Gasteiger partial charge >= 0.3 is 0 Å². The van der Waals surface area contributed by atoms with Gasteiger partial charge in [0, 0.05) is 18.8 Å². The van der Waals surface area contributed by atoms with Crippen LogP contribution in [0.3, 0.4) is 0 Å². The summed E-state index contributed by atoms with van der Waals surface area (Å²) in [5, 5.41) is 12.4. The van der Waals surface area contributed by atoms with Crippen LogP contribution in [-0.4, -0.2) is 23.8 Å². The van der Waals surface area contributed by atoms with Gasteiger partial charge in [-0.25, -0.2) is 0 Å². The lowest BCUT2D eigenvalue weighted by atomic mass is 9.85. The second-order valence-corrected chi connectivity index (χ2v) is 4.94. The van der Waals surface area contributed by atoms with Crippen LogP contribution in [0, 0.1) is 11.1 Å². The van der Waals surface area contributed by atoms with E-state index in [0.29, 0.717) is 12.0 Å². The molecule has 0 bridgehead atoms. The highest BCUT2D eigenvalue weighted by atomic mass is 16.5. The molecule has 1 heterocycles. The average Bonchev–Trinajstić information content (AvgIpc) is 2.54. The maximum atomic E-state index is 12.4. The zero-order valence-corrected chi connectivity index (χ0v) is 8.67. The van der Waals surface area contributed by atoms with E-state index in [2.05, 4.69) is 6.92 Å². The fraction of sp³-hybridized carbons (Fsp3) is 1.00. The van der Waals surface area contributed by atoms with Crippen molar-refractivity contribution in [2.75, 3.05) is 13.1 Å². The first-order valence-corrected chi connectivity index (χ1v) is 5.80. The van der Waals surface area contributed by atoms with Crippen molar-refractivity contribution in [2.24, 2.45) is 5.92 Å². The summed E-state index contributed by atoms with van der Waals surface area (Å²) in [6, 6.07) is 0.441. The van der Waals surface area contributed by atoms with Crippen LogP contribution < -0.4 is 0 Å². The number of nitrogens with zero attached hydrogens (tertiary/aromatic N) is 1. The summed E-state index contributed by atoms with van der Waals surface area (Å²) >= 11 is 0. The van der Waals surface area contributed by atoms with Crippen molar-refractivity contribution in [3.8, 4) is 0 Å². The van der Waals surface area contributed by atoms with E-state index in [1.54, 1.807) is 0 Å². The summed E-state index contributed by atoms with van der Waals surface area (Å²) in [5.74, 6) is 0.671. The topological polar surface area (TPSA) is 23.1 Å². The Morgan fingerprint density at radius 3 is 2.23 bits per heavy atom. The monoisotopic (exact) mass is 183 g/mol. The molecule has 0 aromatic carbocycles. The lowest BCUT2D eigenvalue weighted by molar-refractivity contribution is -0.898. The minimum atomic E-state index is 0.154. The Morgan fingerprint density at radius 2 is 1.62 bits per heavy atom. The van der Waals surface area contributed by atoms with Crippen LogP contribution in [0.2, 0.25) is 0 Å². The second-order valence-electron chi connectivity index (χ2n) is 4.94. The molecule has 2 aliphatic rings. The highest BCUT2D eigenvalue weighted by molar-refractivity contribution is 4.76. The molecule has 2 unspecified atom stereocenters. The molecule has 2 atom stereocenters. The van der Waals surface area contributed by atoms with E-state index in [-0.39, 0.29) is 4.65 Å². The molecule has 1 saturated heterocycles. The van der Waals surface area contributed by atoms with Gasteiger partial charge in [-0.3, -0.25) is 0 Å². The third-order valence-electron chi connectivity index (χ3n) is 3.99. The first-order chi connectivity index (χ1) is 6.22. The first kappa shape index (κ1) is 9.47. The van der Waals surface area contributed by atoms with Crippen LogP contribution in [0.1, 0.15) is 45.4 Å². The molecule has 0 aromatic heterocycles. The molecule has 1 aliphatic heterocycles. The van der Waals surface area contributed by atoms with Crippen molar-refractivity contribution in [1.82, 2.24) is 0 Å². The number of likely N-dealkylation sites (tertiary alicyclic amines) is 1. The first-order valence-electron chi connectivity index (χ1n) is 5.80. The van der Waals surface area contributed by atoms with E-state index in [1.807, 2.05) is 0 Å². The molecule has 1 saturated carbocycles. The van der Waals surface area contributed by atoms with Crippen LogP contribution in [0.25, 0.3) is 0 Å². The molecule has 0 aromatic rings. The summed E-state index contributed by atoms with van der Waals surface area (Å²) in [5.41, 5.74) is 0. The molecule has 0 radical (unpaired) electrons. The van der Waals surface area contributed by atoms with Crippen LogP contribution in [0.4, 0.5) is 0 Å². The fourth-order valence-corrected chi connectivity index (χ4v) is 3.20. The van der Waals surface area contributed by atoms with Crippen LogP contribution >= 0.6 is 0 Å². The molecule has 0 spiro atoms. The Labute approximate surface area is 81.1 Å². The lowest BCUT2D eigenvalue weighted by Crippen LogP contribution is -2.52. The second kappa shape index (κ2) is 3.58. The Kier molecular flexibility index (Phi) is 2.61. The van der Waals surface area contributed by atoms with Gasteiger partial charge in [-0.15, -0.1) is 0 Å². The normalized spacial score (nSPS) is 39.2. The van der Waals surface area contributed by atoms with Crippen LogP contribution in [-0.2, 0) is 0 Å². The van der Waals surface area contributed by atoms with E-state index >= 15 is 0 Å². The van der Waals surface area contributed by atoms with E-state index in [1.165, 1.54) is 25.7 Å². The Hall–Kier alpha value is -0.0800. The van der Waals surface area contributed by atoms with Crippen molar-refractivity contribution in [2.45, 2.75) is 51.5 Å². The molecule has 2 fully saturated rings. The van der Waals surface area contributed by atoms with E-state index in [4.69, 9.17) is 0 Å². The lowest BCUT2D eigenvalue weighted by Gasteiger charge is -2.49. The molecule has 0 N–H and O–H groups in total. The largest absolute Gasteiger partial charge is 0.633 e. The molecule has 76 valence electrons. The maximum absolute atomic E-state index is 12.4. The summed E-state index contributed by atoms with van der Waals surface area (Å²) in [6.07, 6.45) is 7.42. The van der Waals surface area contributed by atoms with Crippen molar-refractivity contribution < 1.29 is 4.65 Å². The molecular formula is C11H21NO. The summed E-state index contributed by atoms with van der Waals surface area (Å²) in [7, 11) is 0. The molecular weight excluding hydrogens is 162 g/mol. The Bertz CT molecular complexity index is 175. The molecule has 0 amide bonds. The van der Waals surface area contributed by atoms with Crippen molar-refractivity contribution in [3.05, 3.63) is 5.21 Å². The number of hydrogen-bond donors (Lipinski definition) is 0. The highest BCUT2D eigenvalue weighted by Crippen LogP contribution is 2.35. The van der Waals surface area contributed by atoms with Crippen molar-refractivity contribution >= 4 is 0 Å². The third kappa shape index (κ3) is 1.75. The fourth-order valence-electron chi connectivity index (χ4n) is 3.20. The molecule has 2 rings (SSSR count). The van der Waals surface area contributed by atoms with Crippen LogP contribution in [0.5, 0.6) is 0 Å². The SMILES string of the molecule is CC1CCCCC1[N+]1([O-])CCCC1. The van der Waals surface area contributed by atoms with Gasteiger partial charge in [-0.2, -0.15) is 0 Å². The Balaban J connectivity index is 2.04. The van der Waals surface area contributed by atoms with Gasteiger partial charge in [-0.05, 0) is 19.3 Å². The van der Waals surface area contributed by atoms with E-state index in [0.717, 1.165) is 25.9 Å². The predicted octanol–water partition coefficient (Wildman–Crippen LogP) is 2.67.